The summed E-state index contributed by atoms with van der Waals surface area (Å²) in [5, 5.41) is 4.34. The summed E-state index contributed by atoms with van der Waals surface area (Å²) in [7, 11) is 0. The van der Waals surface area contributed by atoms with E-state index in [1.165, 1.54) is 48.0 Å². The number of likely N-dealkylation sites (tertiary alicyclic amines) is 1. The van der Waals surface area contributed by atoms with Crippen molar-refractivity contribution in [1.82, 2.24) is 20.1 Å². The third-order valence-electron chi connectivity index (χ3n) is 5.36. The molecule has 0 saturated carbocycles. The van der Waals surface area contributed by atoms with Crippen LogP contribution >= 0.6 is 0 Å². The lowest BCUT2D eigenvalue weighted by molar-refractivity contribution is 0.196. The van der Waals surface area contributed by atoms with Crippen molar-refractivity contribution < 1.29 is 4.79 Å². The molecule has 26 heavy (non-hydrogen) atoms. The van der Waals surface area contributed by atoms with Crippen LogP contribution in [0.1, 0.15) is 37.3 Å². The first kappa shape index (κ1) is 18.8. The van der Waals surface area contributed by atoms with Crippen molar-refractivity contribution in [3.8, 4) is 0 Å². The number of aromatic amines is 1. The van der Waals surface area contributed by atoms with Gasteiger partial charge in [-0.2, -0.15) is 0 Å². The van der Waals surface area contributed by atoms with Gasteiger partial charge >= 0.3 is 6.03 Å². The molecule has 142 valence electrons. The Labute approximate surface area is 156 Å². The highest BCUT2D eigenvalue weighted by atomic mass is 16.2. The minimum atomic E-state index is 0.0598. The zero-order valence-electron chi connectivity index (χ0n) is 16.2. The zero-order valence-corrected chi connectivity index (χ0v) is 16.2. The number of nitrogens with one attached hydrogen (secondary N) is 2. The van der Waals surface area contributed by atoms with Crippen LogP contribution in [0.2, 0.25) is 0 Å². The Bertz CT molecular complexity index is 718. The van der Waals surface area contributed by atoms with Gasteiger partial charge in [-0.15, -0.1) is 0 Å². The number of aryl methyl sites for hydroxylation is 1. The van der Waals surface area contributed by atoms with E-state index in [2.05, 4.69) is 53.4 Å². The predicted molar refractivity (Wildman–Crippen MR) is 108 cm³/mol. The van der Waals surface area contributed by atoms with Crippen LogP contribution in [0.5, 0.6) is 0 Å². The fourth-order valence-corrected chi connectivity index (χ4v) is 3.82. The van der Waals surface area contributed by atoms with Crippen molar-refractivity contribution in [3.63, 3.8) is 0 Å². The average Bonchev–Trinajstić information content (AvgIpc) is 3.28. The van der Waals surface area contributed by atoms with Crippen molar-refractivity contribution in [1.29, 1.82) is 0 Å². The number of H-pyrrole nitrogens is 1. The van der Waals surface area contributed by atoms with E-state index < -0.39 is 0 Å². The Balaban J connectivity index is 1.42. The number of carbonyl (C=O) groups is 1. The molecular formula is C21H32N4O. The van der Waals surface area contributed by atoms with E-state index in [4.69, 9.17) is 0 Å². The number of hydrogen-bond donors (Lipinski definition) is 2. The number of amides is 2. The molecule has 1 aromatic carbocycles. The zero-order chi connectivity index (χ0) is 18.4. The van der Waals surface area contributed by atoms with Crippen LogP contribution in [0.25, 0.3) is 10.9 Å². The largest absolute Gasteiger partial charge is 0.361 e. The SMILES string of the molecule is CCN(CCCN1CCCC1)C(=O)NCCc1c[nH]c2cc(C)ccc12. The number of hydrogen-bond acceptors (Lipinski definition) is 2. The Morgan fingerprint density at radius 3 is 2.88 bits per heavy atom. The van der Waals surface area contributed by atoms with Gasteiger partial charge in [0.2, 0.25) is 0 Å². The molecule has 0 aliphatic carbocycles. The summed E-state index contributed by atoms with van der Waals surface area (Å²) >= 11 is 0. The summed E-state index contributed by atoms with van der Waals surface area (Å²) in [5.74, 6) is 0. The van der Waals surface area contributed by atoms with E-state index in [-0.39, 0.29) is 6.03 Å². The molecule has 1 aliphatic rings. The van der Waals surface area contributed by atoms with E-state index in [9.17, 15) is 4.79 Å². The fourth-order valence-electron chi connectivity index (χ4n) is 3.82. The van der Waals surface area contributed by atoms with Gasteiger partial charge in [-0.25, -0.2) is 4.79 Å². The predicted octanol–water partition coefficient (Wildman–Crippen LogP) is 3.54. The maximum Gasteiger partial charge on any atom is 0.317 e. The lowest BCUT2D eigenvalue weighted by Crippen LogP contribution is -2.41. The molecule has 1 aliphatic heterocycles. The second-order valence-electron chi connectivity index (χ2n) is 7.33. The molecule has 2 aromatic rings. The minimum Gasteiger partial charge on any atom is -0.361 e. The van der Waals surface area contributed by atoms with E-state index >= 15 is 0 Å². The van der Waals surface area contributed by atoms with Crippen LogP contribution in [0.3, 0.4) is 0 Å². The maximum absolute atomic E-state index is 12.4. The first-order valence-corrected chi connectivity index (χ1v) is 9.99. The fraction of sp³-hybridized carbons (Fsp3) is 0.571. The smallest absolute Gasteiger partial charge is 0.317 e. The van der Waals surface area contributed by atoms with Crippen molar-refractivity contribution in [2.75, 3.05) is 39.3 Å². The number of rotatable bonds is 8. The van der Waals surface area contributed by atoms with Crippen molar-refractivity contribution >= 4 is 16.9 Å². The molecule has 1 fully saturated rings. The summed E-state index contributed by atoms with van der Waals surface area (Å²) in [6.07, 6.45) is 6.61. The molecule has 0 unspecified atom stereocenters. The minimum absolute atomic E-state index is 0.0598. The van der Waals surface area contributed by atoms with Gasteiger partial charge in [0, 0.05) is 36.7 Å². The number of nitrogens with zero attached hydrogens (tertiary/aromatic N) is 2. The lowest BCUT2D eigenvalue weighted by Gasteiger charge is -2.23. The summed E-state index contributed by atoms with van der Waals surface area (Å²) in [6, 6.07) is 6.52. The topological polar surface area (TPSA) is 51.4 Å². The first-order valence-electron chi connectivity index (χ1n) is 9.99. The molecule has 3 rings (SSSR count). The molecule has 0 radical (unpaired) electrons. The summed E-state index contributed by atoms with van der Waals surface area (Å²) in [6.45, 7) is 9.98. The molecule has 0 atom stereocenters. The Morgan fingerprint density at radius 1 is 1.31 bits per heavy atom. The van der Waals surface area contributed by atoms with E-state index in [0.29, 0.717) is 6.54 Å². The van der Waals surface area contributed by atoms with Gasteiger partial charge < -0.3 is 20.1 Å². The summed E-state index contributed by atoms with van der Waals surface area (Å²) < 4.78 is 0. The molecule has 5 nitrogen and oxygen atoms in total. The average molecular weight is 357 g/mol. The van der Waals surface area contributed by atoms with E-state index in [1.807, 2.05) is 4.90 Å². The van der Waals surface area contributed by atoms with E-state index in [0.717, 1.165) is 32.5 Å². The van der Waals surface area contributed by atoms with Gasteiger partial charge in [0.05, 0.1) is 0 Å². The second-order valence-corrected chi connectivity index (χ2v) is 7.33. The monoisotopic (exact) mass is 356 g/mol. The second kappa shape index (κ2) is 9.08. The van der Waals surface area contributed by atoms with Crippen LogP contribution in [0.15, 0.2) is 24.4 Å². The van der Waals surface area contributed by atoms with Crippen LogP contribution < -0.4 is 5.32 Å². The first-order chi connectivity index (χ1) is 12.7. The molecule has 0 spiro atoms. The van der Waals surface area contributed by atoms with Gasteiger partial charge in [-0.05, 0) is 76.4 Å². The quantitative estimate of drug-likeness (QED) is 0.760. The van der Waals surface area contributed by atoms with Crippen LogP contribution in [0.4, 0.5) is 4.79 Å². The van der Waals surface area contributed by atoms with Crippen LogP contribution in [-0.2, 0) is 6.42 Å². The van der Waals surface area contributed by atoms with Gasteiger partial charge in [0.1, 0.15) is 0 Å². The molecule has 1 aromatic heterocycles. The highest BCUT2D eigenvalue weighted by Gasteiger charge is 2.14. The molecule has 5 heteroatoms. The number of fused-ring (bicyclic) bond motifs is 1. The standard InChI is InChI=1S/C21H32N4O/c1-3-25(14-6-13-24-11-4-5-12-24)21(26)22-10-9-18-16-23-20-15-17(2)7-8-19(18)20/h7-8,15-16,23H,3-6,9-14H2,1-2H3,(H,22,26). The number of urea groups is 1. The number of benzene rings is 1. The van der Waals surface area contributed by atoms with Gasteiger partial charge in [-0.3, -0.25) is 0 Å². The Hall–Kier alpha value is -2.01. The van der Waals surface area contributed by atoms with Crippen molar-refractivity contribution in [2.24, 2.45) is 0 Å². The number of aromatic nitrogens is 1. The molecule has 2 N–H and O–H groups in total. The van der Waals surface area contributed by atoms with E-state index in [1.54, 1.807) is 0 Å². The molecular weight excluding hydrogens is 324 g/mol. The third kappa shape index (κ3) is 4.79. The highest BCUT2D eigenvalue weighted by molar-refractivity contribution is 5.83. The van der Waals surface area contributed by atoms with Crippen molar-refractivity contribution in [3.05, 3.63) is 35.5 Å². The third-order valence-corrected chi connectivity index (χ3v) is 5.36. The normalized spacial score (nSPS) is 14.8. The van der Waals surface area contributed by atoms with Crippen LogP contribution in [0, 0.1) is 6.92 Å². The van der Waals surface area contributed by atoms with Crippen LogP contribution in [-0.4, -0.2) is 60.1 Å². The lowest BCUT2D eigenvalue weighted by atomic mass is 10.1. The van der Waals surface area contributed by atoms with Gasteiger partial charge in [0.25, 0.3) is 0 Å². The summed E-state index contributed by atoms with van der Waals surface area (Å²) in [5.41, 5.74) is 3.69. The highest BCUT2D eigenvalue weighted by Crippen LogP contribution is 2.19. The molecule has 0 bridgehead atoms. The van der Waals surface area contributed by atoms with Gasteiger partial charge in [-0.1, -0.05) is 12.1 Å². The summed E-state index contributed by atoms with van der Waals surface area (Å²) in [4.78, 5) is 20.2. The van der Waals surface area contributed by atoms with Gasteiger partial charge in [0.15, 0.2) is 0 Å². The molecule has 2 amide bonds. The molecule has 1 saturated heterocycles. The Kier molecular flexibility index (Phi) is 6.56. The number of carbonyl (C=O) groups excluding carboxylic acids is 1. The van der Waals surface area contributed by atoms with Crippen molar-refractivity contribution in [2.45, 2.75) is 39.5 Å². The molecule has 2 heterocycles. The Morgan fingerprint density at radius 2 is 2.12 bits per heavy atom. The maximum atomic E-state index is 12.4.